The van der Waals surface area contributed by atoms with Crippen LogP contribution in [-0.4, -0.2) is 36.3 Å². The second-order valence-corrected chi connectivity index (χ2v) is 9.21. The number of hydrogen-bond acceptors (Lipinski definition) is 4. The number of nitrogens with two attached hydrogens (primary N) is 1. The average Bonchev–Trinajstić information content (AvgIpc) is 2.82. The van der Waals surface area contributed by atoms with Crippen LogP contribution in [0.3, 0.4) is 0 Å². The lowest BCUT2D eigenvalue weighted by molar-refractivity contribution is -0.117. The third kappa shape index (κ3) is 4.23. The summed E-state index contributed by atoms with van der Waals surface area (Å²) in [5.41, 5.74) is 7.22. The molecule has 0 radical (unpaired) electrons. The Bertz CT molecular complexity index is 660. The van der Waals surface area contributed by atoms with E-state index >= 15 is 0 Å². The van der Waals surface area contributed by atoms with Gasteiger partial charge in [0.15, 0.2) is 0 Å². The molecule has 1 aromatic heterocycles. The fraction of sp³-hybridized carbons (Fsp3) is 0.684. The van der Waals surface area contributed by atoms with Gasteiger partial charge in [0.05, 0.1) is 12.1 Å². The first kappa shape index (κ1) is 18.4. The zero-order valence-electron chi connectivity index (χ0n) is 15.4. The molecule has 1 fully saturated rings. The van der Waals surface area contributed by atoms with E-state index in [2.05, 4.69) is 31.0 Å². The summed E-state index contributed by atoms with van der Waals surface area (Å²) in [4.78, 5) is 27.9. The van der Waals surface area contributed by atoms with E-state index in [-0.39, 0.29) is 5.91 Å². The molecule has 0 aromatic carbocycles. The number of fused-ring (bicyclic) bond motifs is 1. The van der Waals surface area contributed by atoms with Crippen molar-refractivity contribution in [1.29, 1.82) is 0 Å². The predicted molar refractivity (Wildman–Crippen MR) is 102 cm³/mol. The lowest BCUT2D eigenvalue weighted by Gasteiger charge is -2.34. The van der Waals surface area contributed by atoms with E-state index in [4.69, 9.17) is 5.73 Å². The number of likely N-dealkylation sites (tertiary alicyclic amines) is 1. The van der Waals surface area contributed by atoms with E-state index in [1.807, 2.05) is 0 Å². The molecule has 2 heterocycles. The Morgan fingerprint density at radius 1 is 1.20 bits per heavy atom. The number of anilines is 1. The zero-order valence-corrected chi connectivity index (χ0v) is 16.2. The summed E-state index contributed by atoms with van der Waals surface area (Å²) in [7, 11) is 0. The molecule has 2 amide bonds. The standard InChI is InChI=1S/C19H29N3O2S/c1-11-4-5-14-15(7-11)25-19(17(14)18(20)24)21-16(23)10-22-8-12(2)6-13(3)9-22/h11-13H,4-10H2,1-3H3,(H2,20,24)(H,21,23)/t11-,12+,13+/m0/s1. The Kier molecular flexibility index (Phi) is 5.49. The molecule has 138 valence electrons. The fourth-order valence-corrected chi connectivity index (χ4v) is 5.82. The van der Waals surface area contributed by atoms with E-state index in [0.717, 1.165) is 37.9 Å². The average molecular weight is 364 g/mol. The molecule has 0 saturated carbocycles. The lowest BCUT2D eigenvalue weighted by atomic mass is 9.88. The molecular weight excluding hydrogens is 334 g/mol. The number of hydrogen-bond donors (Lipinski definition) is 2. The molecule has 2 aliphatic rings. The molecular formula is C19H29N3O2S. The highest BCUT2D eigenvalue weighted by Gasteiger charge is 2.28. The fourth-order valence-electron chi connectivity index (χ4n) is 4.39. The van der Waals surface area contributed by atoms with Gasteiger partial charge in [0.1, 0.15) is 5.00 Å². The van der Waals surface area contributed by atoms with E-state index in [1.165, 1.54) is 22.6 Å². The number of carbonyl (C=O) groups excluding carboxylic acids is 2. The van der Waals surface area contributed by atoms with Gasteiger partial charge in [0.25, 0.3) is 5.91 Å². The van der Waals surface area contributed by atoms with E-state index in [9.17, 15) is 9.59 Å². The zero-order chi connectivity index (χ0) is 18.1. The summed E-state index contributed by atoms with van der Waals surface area (Å²) in [5, 5.41) is 3.63. The SMILES string of the molecule is C[C@@H]1C[C@@H](C)CN(CC(=O)Nc2sc3c(c2C(N)=O)CC[C@H](C)C3)C1. The van der Waals surface area contributed by atoms with Gasteiger partial charge in [0.2, 0.25) is 5.91 Å². The molecule has 0 spiro atoms. The molecule has 0 bridgehead atoms. The number of primary amides is 1. The van der Waals surface area contributed by atoms with E-state index in [1.54, 1.807) is 0 Å². The second-order valence-electron chi connectivity index (χ2n) is 8.11. The van der Waals surface area contributed by atoms with E-state index < -0.39 is 5.91 Å². The third-order valence-electron chi connectivity index (χ3n) is 5.32. The van der Waals surface area contributed by atoms with Crippen LogP contribution in [-0.2, 0) is 17.6 Å². The summed E-state index contributed by atoms with van der Waals surface area (Å²) >= 11 is 1.53. The Morgan fingerprint density at radius 2 is 1.88 bits per heavy atom. The van der Waals surface area contributed by atoms with Gasteiger partial charge in [-0.15, -0.1) is 11.3 Å². The molecule has 5 nitrogen and oxygen atoms in total. The Balaban J connectivity index is 1.72. The molecule has 1 saturated heterocycles. The summed E-state index contributed by atoms with van der Waals surface area (Å²) in [6.45, 7) is 8.99. The highest BCUT2D eigenvalue weighted by Crippen LogP contribution is 2.39. The van der Waals surface area contributed by atoms with E-state index in [0.29, 0.717) is 34.9 Å². The summed E-state index contributed by atoms with van der Waals surface area (Å²) < 4.78 is 0. The van der Waals surface area contributed by atoms with Crippen LogP contribution in [0.2, 0.25) is 0 Å². The van der Waals surface area contributed by atoms with Gasteiger partial charge in [-0.3, -0.25) is 14.5 Å². The number of nitrogens with zero attached hydrogens (tertiary/aromatic N) is 1. The number of nitrogens with one attached hydrogen (secondary N) is 1. The van der Waals surface area contributed by atoms with Crippen LogP contribution in [0.5, 0.6) is 0 Å². The van der Waals surface area contributed by atoms with Crippen LogP contribution in [0.4, 0.5) is 5.00 Å². The first-order chi connectivity index (χ1) is 11.8. The van der Waals surface area contributed by atoms with Crippen molar-refractivity contribution in [3.05, 3.63) is 16.0 Å². The monoisotopic (exact) mass is 363 g/mol. The third-order valence-corrected chi connectivity index (χ3v) is 6.49. The van der Waals surface area contributed by atoms with Crippen LogP contribution in [0.1, 0.15) is 54.4 Å². The van der Waals surface area contributed by atoms with Crippen molar-refractivity contribution in [1.82, 2.24) is 4.90 Å². The molecule has 6 heteroatoms. The molecule has 3 N–H and O–H groups in total. The first-order valence-corrected chi connectivity index (χ1v) is 10.1. The molecule has 1 aliphatic carbocycles. The van der Waals surface area contributed by atoms with Crippen molar-refractivity contribution in [2.75, 3.05) is 25.0 Å². The largest absolute Gasteiger partial charge is 0.365 e. The quantitative estimate of drug-likeness (QED) is 0.864. The van der Waals surface area contributed by atoms with Crippen molar-refractivity contribution in [2.45, 2.75) is 46.5 Å². The van der Waals surface area contributed by atoms with Crippen molar-refractivity contribution in [3.63, 3.8) is 0 Å². The normalized spacial score (nSPS) is 26.9. The second kappa shape index (κ2) is 7.46. The van der Waals surface area contributed by atoms with Gasteiger partial charge < -0.3 is 11.1 Å². The number of thiophene rings is 1. The van der Waals surface area contributed by atoms with Crippen LogP contribution >= 0.6 is 11.3 Å². The van der Waals surface area contributed by atoms with Gasteiger partial charge in [-0.2, -0.15) is 0 Å². The van der Waals surface area contributed by atoms with Crippen LogP contribution < -0.4 is 11.1 Å². The van der Waals surface area contributed by atoms with Gasteiger partial charge in [-0.05, 0) is 49.0 Å². The maximum atomic E-state index is 12.5. The highest BCUT2D eigenvalue weighted by atomic mass is 32.1. The number of carbonyl (C=O) groups is 2. The molecule has 3 atom stereocenters. The molecule has 25 heavy (non-hydrogen) atoms. The van der Waals surface area contributed by atoms with Gasteiger partial charge in [0, 0.05) is 18.0 Å². The molecule has 1 aromatic rings. The number of piperidine rings is 1. The number of amides is 2. The highest BCUT2D eigenvalue weighted by molar-refractivity contribution is 7.17. The van der Waals surface area contributed by atoms with Crippen molar-refractivity contribution < 1.29 is 9.59 Å². The van der Waals surface area contributed by atoms with Crippen LogP contribution in [0.15, 0.2) is 0 Å². The minimum Gasteiger partial charge on any atom is -0.365 e. The Labute approximate surface area is 154 Å². The number of rotatable bonds is 4. The van der Waals surface area contributed by atoms with Crippen molar-refractivity contribution in [3.8, 4) is 0 Å². The molecule has 1 aliphatic heterocycles. The maximum absolute atomic E-state index is 12.5. The smallest absolute Gasteiger partial charge is 0.251 e. The van der Waals surface area contributed by atoms with Gasteiger partial charge >= 0.3 is 0 Å². The summed E-state index contributed by atoms with van der Waals surface area (Å²) in [6, 6.07) is 0. The van der Waals surface area contributed by atoms with Crippen molar-refractivity contribution >= 4 is 28.2 Å². The van der Waals surface area contributed by atoms with Gasteiger partial charge in [-0.25, -0.2) is 0 Å². The minimum atomic E-state index is -0.428. The molecule has 0 unspecified atom stereocenters. The molecule has 3 rings (SSSR count). The lowest BCUT2D eigenvalue weighted by Crippen LogP contribution is -2.42. The summed E-state index contributed by atoms with van der Waals surface area (Å²) in [5.74, 6) is 1.38. The van der Waals surface area contributed by atoms with Crippen LogP contribution in [0, 0.1) is 17.8 Å². The Morgan fingerprint density at radius 3 is 2.52 bits per heavy atom. The van der Waals surface area contributed by atoms with Crippen molar-refractivity contribution in [2.24, 2.45) is 23.5 Å². The Hall–Kier alpha value is -1.40. The first-order valence-electron chi connectivity index (χ1n) is 9.30. The summed E-state index contributed by atoms with van der Waals surface area (Å²) in [6.07, 6.45) is 4.14. The maximum Gasteiger partial charge on any atom is 0.251 e. The topological polar surface area (TPSA) is 75.4 Å². The van der Waals surface area contributed by atoms with Crippen LogP contribution in [0.25, 0.3) is 0 Å². The minimum absolute atomic E-state index is 0.0459. The van der Waals surface area contributed by atoms with Gasteiger partial charge in [-0.1, -0.05) is 20.8 Å². The predicted octanol–water partition coefficient (Wildman–Crippen LogP) is 2.89.